The predicted molar refractivity (Wildman–Crippen MR) is 127 cm³/mol. The van der Waals surface area contributed by atoms with Crippen molar-refractivity contribution in [2.45, 2.75) is 91.8 Å². The lowest BCUT2D eigenvalue weighted by Gasteiger charge is -2.44. The van der Waals surface area contributed by atoms with Crippen LogP contribution in [0, 0.1) is 35.0 Å². The molecule has 0 bridgehead atoms. The molecule has 2 N–H and O–H groups in total. The van der Waals surface area contributed by atoms with Gasteiger partial charge in [0.1, 0.15) is 0 Å². The first-order chi connectivity index (χ1) is 14.1. The van der Waals surface area contributed by atoms with Gasteiger partial charge in [-0.2, -0.15) is 0 Å². The van der Waals surface area contributed by atoms with Gasteiger partial charge in [0.05, 0.1) is 12.2 Å². The molecule has 0 aliphatic heterocycles. The minimum absolute atomic E-state index is 0.385. The van der Waals surface area contributed by atoms with Gasteiger partial charge in [-0.1, -0.05) is 71.1 Å². The van der Waals surface area contributed by atoms with Crippen LogP contribution in [0.1, 0.15) is 79.6 Å². The molecule has 0 aromatic rings. The molecule has 0 unspecified atom stereocenters. The number of hydrogen-bond acceptors (Lipinski definition) is 2. The van der Waals surface area contributed by atoms with Gasteiger partial charge < -0.3 is 10.2 Å². The van der Waals surface area contributed by atoms with Crippen molar-refractivity contribution in [3.05, 3.63) is 47.6 Å². The molecule has 7 atom stereocenters. The Bertz CT molecular complexity index is 712. The van der Waals surface area contributed by atoms with Crippen molar-refractivity contribution >= 4 is 0 Å². The Balaban J connectivity index is 1.76. The standard InChI is InChI=1S/C28H44O2/c1-18(2)19(3)9-10-20(4)25-13-14-26-22(8-7-15-28(25,26)6)11-12-23-16-24(29)17-27(30)21(23)5/h9-12,18-20,24-27,29-30H,5,7-8,13-17H2,1-4,6H3/b10-9+,22-11?,23-12-/t19-,20+,24-,25+,26-,27-,28+/m0/s1. The van der Waals surface area contributed by atoms with Crippen LogP contribution in [0.3, 0.4) is 0 Å². The third-order valence-electron chi connectivity index (χ3n) is 8.71. The van der Waals surface area contributed by atoms with E-state index in [4.69, 9.17) is 0 Å². The zero-order valence-corrected chi connectivity index (χ0v) is 19.9. The summed E-state index contributed by atoms with van der Waals surface area (Å²) >= 11 is 0. The number of allylic oxidation sites excluding steroid dienone is 5. The van der Waals surface area contributed by atoms with Crippen molar-refractivity contribution < 1.29 is 10.2 Å². The maximum absolute atomic E-state index is 10.1. The second kappa shape index (κ2) is 9.57. The highest BCUT2D eigenvalue weighted by Gasteiger charge is 2.50. The molecule has 0 saturated heterocycles. The van der Waals surface area contributed by atoms with Crippen LogP contribution in [-0.4, -0.2) is 22.4 Å². The van der Waals surface area contributed by atoms with Crippen LogP contribution in [0.4, 0.5) is 0 Å². The molecule has 30 heavy (non-hydrogen) atoms. The van der Waals surface area contributed by atoms with Crippen molar-refractivity contribution in [3.8, 4) is 0 Å². The number of aliphatic hydroxyl groups excluding tert-OH is 2. The average molecular weight is 413 g/mol. The van der Waals surface area contributed by atoms with Crippen LogP contribution in [0.15, 0.2) is 47.6 Å². The van der Waals surface area contributed by atoms with Crippen molar-refractivity contribution in [1.82, 2.24) is 0 Å². The first kappa shape index (κ1) is 23.5. The summed E-state index contributed by atoms with van der Waals surface area (Å²) in [5, 5.41) is 20.2. The summed E-state index contributed by atoms with van der Waals surface area (Å²) in [6, 6.07) is 0. The number of hydrogen-bond donors (Lipinski definition) is 2. The van der Waals surface area contributed by atoms with Gasteiger partial charge in [0.25, 0.3) is 0 Å². The molecule has 0 radical (unpaired) electrons. The van der Waals surface area contributed by atoms with E-state index in [-0.39, 0.29) is 0 Å². The van der Waals surface area contributed by atoms with Crippen LogP contribution in [0.2, 0.25) is 0 Å². The Labute approximate surface area is 184 Å². The summed E-state index contributed by atoms with van der Waals surface area (Å²) in [6.45, 7) is 16.0. The third kappa shape index (κ3) is 4.86. The molecule has 2 nitrogen and oxygen atoms in total. The molecule has 0 spiro atoms. The Hall–Kier alpha value is -1.12. The molecule has 0 aromatic heterocycles. The lowest BCUT2D eigenvalue weighted by atomic mass is 9.61. The maximum atomic E-state index is 10.1. The summed E-state index contributed by atoms with van der Waals surface area (Å²) in [4.78, 5) is 0. The van der Waals surface area contributed by atoms with Gasteiger partial charge in [-0.3, -0.25) is 0 Å². The van der Waals surface area contributed by atoms with E-state index in [1.807, 2.05) is 0 Å². The molecular formula is C28H44O2. The largest absolute Gasteiger partial charge is 0.393 e. The van der Waals surface area contributed by atoms with Gasteiger partial charge in [-0.15, -0.1) is 0 Å². The lowest BCUT2D eigenvalue weighted by molar-refractivity contribution is 0.0862. The fraction of sp³-hybridized carbons (Fsp3) is 0.714. The zero-order chi connectivity index (χ0) is 22.1. The van der Waals surface area contributed by atoms with E-state index in [0.717, 1.165) is 17.1 Å². The molecule has 3 aliphatic rings. The average Bonchev–Trinajstić information content (AvgIpc) is 3.04. The Morgan fingerprint density at radius 1 is 1.07 bits per heavy atom. The smallest absolute Gasteiger partial charge is 0.0811 e. The van der Waals surface area contributed by atoms with Crippen LogP contribution >= 0.6 is 0 Å². The maximum Gasteiger partial charge on any atom is 0.0811 e. The van der Waals surface area contributed by atoms with E-state index in [1.54, 1.807) is 5.57 Å². The highest BCUT2D eigenvalue weighted by molar-refractivity contribution is 5.38. The third-order valence-corrected chi connectivity index (χ3v) is 8.71. The van der Waals surface area contributed by atoms with Crippen molar-refractivity contribution in [1.29, 1.82) is 0 Å². The van der Waals surface area contributed by atoms with E-state index >= 15 is 0 Å². The first-order valence-corrected chi connectivity index (χ1v) is 12.3. The predicted octanol–water partition coefficient (Wildman–Crippen LogP) is 6.61. The van der Waals surface area contributed by atoms with Crippen LogP contribution in [0.5, 0.6) is 0 Å². The molecule has 3 aliphatic carbocycles. The summed E-state index contributed by atoms with van der Waals surface area (Å²) in [5.41, 5.74) is 3.77. The molecular weight excluding hydrogens is 368 g/mol. The van der Waals surface area contributed by atoms with Gasteiger partial charge in [-0.25, -0.2) is 0 Å². The molecule has 3 rings (SSSR count). The second-order valence-electron chi connectivity index (χ2n) is 11.0. The SMILES string of the molecule is C=C1/C(=C\C=C2CCC[C@]3(C)[C@@H]([C@H](C)/C=C/[C@H](C)C(C)C)CC[C@@H]23)C[C@H](O)C[C@@H]1O. The second-order valence-corrected chi connectivity index (χ2v) is 11.0. The van der Waals surface area contributed by atoms with Gasteiger partial charge in [0, 0.05) is 6.42 Å². The number of rotatable bonds is 5. The topological polar surface area (TPSA) is 40.5 Å². The van der Waals surface area contributed by atoms with Crippen LogP contribution in [-0.2, 0) is 0 Å². The molecule has 168 valence electrons. The zero-order valence-electron chi connectivity index (χ0n) is 19.9. The highest BCUT2D eigenvalue weighted by atomic mass is 16.3. The minimum Gasteiger partial charge on any atom is -0.393 e. The van der Waals surface area contributed by atoms with Gasteiger partial charge in [-0.05, 0) is 84.7 Å². The summed E-state index contributed by atoms with van der Waals surface area (Å²) in [5.74, 6) is 3.38. The van der Waals surface area contributed by atoms with E-state index in [0.29, 0.717) is 41.9 Å². The van der Waals surface area contributed by atoms with E-state index < -0.39 is 12.2 Å². The Morgan fingerprint density at radius 3 is 2.50 bits per heavy atom. The van der Waals surface area contributed by atoms with Gasteiger partial charge >= 0.3 is 0 Å². The molecule has 0 heterocycles. The van der Waals surface area contributed by atoms with Crippen molar-refractivity contribution in [3.63, 3.8) is 0 Å². The number of aliphatic hydroxyl groups is 2. The quantitative estimate of drug-likeness (QED) is 0.499. The van der Waals surface area contributed by atoms with Crippen molar-refractivity contribution in [2.75, 3.05) is 0 Å². The minimum atomic E-state index is -0.605. The fourth-order valence-corrected chi connectivity index (χ4v) is 6.32. The lowest BCUT2D eigenvalue weighted by Crippen LogP contribution is -2.35. The first-order valence-electron chi connectivity index (χ1n) is 12.3. The van der Waals surface area contributed by atoms with E-state index in [1.165, 1.54) is 32.1 Å². The molecule has 3 fully saturated rings. The molecule has 2 heteroatoms. The molecule has 0 amide bonds. The van der Waals surface area contributed by atoms with E-state index in [9.17, 15) is 10.2 Å². The highest BCUT2D eigenvalue weighted by Crippen LogP contribution is 2.59. The molecule has 3 saturated carbocycles. The van der Waals surface area contributed by atoms with Gasteiger partial charge in [0.15, 0.2) is 0 Å². The monoisotopic (exact) mass is 412 g/mol. The van der Waals surface area contributed by atoms with Crippen molar-refractivity contribution in [2.24, 2.45) is 35.0 Å². The number of fused-ring (bicyclic) bond motifs is 1. The van der Waals surface area contributed by atoms with Crippen LogP contribution in [0.25, 0.3) is 0 Å². The normalized spacial score (nSPS) is 39.8. The van der Waals surface area contributed by atoms with Crippen LogP contribution < -0.4 is 0 Å². The summed E-state index contributed by atoms with van der Waals surface area (Å²) < 4.78 is 0. The summed E-state index contributed by atoms with van der Waals surface area (Å²) in [7, 11) is 0. The fourth-order valence-electron chi connectivity index (χ4n) is 6.32. The Kier molecular flexibility index (Phi) is 7.51. The van der Waals surface area contributed by atoms with E-state index in [2.05, 4.69) is 65.5 Å². The molecule has 0 aromatic carbocycles. The van der Waals surface area contributed by atoms with Gasteiger partial charge in [0.2, 0.25) is 0 Å². The summed E-state index contributed by atoms with van der Waals surface area (Å²) in [6.07, 6.45) is 15.8. The Morgan fingerprint density at radius 2 is 1.80 bits per heavy atom.